The predicted molar refractivity (Wildman–Crippen MR) is 93.1 cm³/mol. The van der Waals surface area contributed by atoms with Crippen molar-refractivity contribution in [2.75, 3.05) is 34.4 Å². The number of benzene rings is 1. The standard InChI is InChI=1S/C18H21N3O5/c1-23-14-6-12(7-15(8-14)24-2)18(22)21-5-4-13(11-21)26-17-10-19-9-16(20-17)25-3/h6-10,13H,4-5,11H2,1-3H3. The molecule has 2 aromatic rings. The van der Waals surface area contributed by atoms with Crippen LogP contribution in [0.3, 0.4) is 0 Å². The van der Waals surface area contributed by atoms with Gasteiger partial charge in [0.1, 0.15) is 17.6 Å². The summed E-state index contributed by atoms with van der Waals surface area (Å²) in [5, 5.41) is 0. The molecule has 8 nitrogen and oxygen atoms in total. The summed E-state index contributed by atoms with van der Waals surface area (Å²) in [7, 11) is 4.63. The minimum absolute atomic E-state index is 0.0926. The molecule has 0 radical (unpaired) electrons. The first kappa shape index (κ1) is 17.8. The number of methoxy groups -OCH3 is 3. The van der Waals surface area contributed by atoms with E-state index < -0.39 is 0 Å². The number of likely N-dealkylation sites (tertiary alicyclic amines) is 1. The van der Waals surface area contributed by atoms with Gasteiger partial charge in [0.25, 0.3) is 5.91 Å². The molecule has 1 aromatic carbocycles. The van der Waals surface area contributed by atoms with Gasteiger partial charge >= 0.3 is 0 Å². The summed E-state index contributed by atoms with van der Waals surface area (Å²) < 4.78 is 21.3. The maximum Gasteiger partial charge on any atom is 0.254 e. The van der Waals surface area contributed by atoms with Gasteiger partial charge in [-0.2, -0.15) is 4.98 Å². The van der Waals surface area contributed by atoms with E-state index in [0.717, 1.165) is 0 Å². The zero-order valence-electron chi connectivity index (χ0n) is 15.0. The van der Waals surface area contributed by atoms with Crippen molar-refractivity contribution in [1.29, 1.82) is 0 Å². The number of carbonyl (C=O) groups is 1. The fraction of sp³-hybridized carbons (Fsp3) is 0.389. The minimum atomic E-state index is -0.146. The average molecular weight is 359 g/mol. The molecule has 0 spiro atoms. The number of amides is 1. The molecule has 26 heavy (non-hydrogen) atoms. The van der Waals surface area contributed by atoms with E-state index in [1.165, 1.54) is 19.5 Å². The Morgan fingerprint density at radius 2 is 1.73 bits per heavy atom. The van der Waals surface area contributed by atoms with Crippen molar-refractivity contribution in [3.05, 3.63) is 36.2 Å². The van der Waals surface area contributed by atoms with Crippen molar-refractivity contribution in [3.63, 3.8) is 0 Å². The summed E-state index contributed by atoms with van der Waals surface area (Å²) in [6, 6.07) is 5.13. The van der Waals surface area contributed by atoms with Gasteiger partial charge in [-0.25, -0.2) is 0 Å². The van der Waals surface area contributed by atoms with Gasteiger partial charge in [0.15, 0.2) is 0 Å². The SMILES string of the molecule is COc1cc(OC)cc(C(=O)N2CCC(Oc3cncc(OC)n3)C2)c1. The number of carbonyl (C=O) groups excluding carboxylic acids is 1. The van der Waals surface area contributed by atoms with Crippen LogP contribution in [0.15, 0.2) is 30.6 Å². The molecule has 1 aliphatic rings. The van der Waals surface area contributed by atoms with Crippen molar-refractivity contribution >= 4 is 5.91 Å². The Hall–Kier alpha value is -3.03. The van der Waals surface area contributed by atoms with Crippen LogP contribution in [0.2, 0.25) is 0 Å². The normalized spacial score (nSPS) is 16.3. The number of ether oxygens (including phenoxy) is 4. The lowest BCUT2D eigenvalue weighted by Crippen LogP contribution is -2.31. The van der Waals surface area contributed by atoms with Crippen molar-refractivity contribution < 1.29 is 23.7 Å². The lowest BCUT2D eigenvalue weighted by atomic mass is 10.1. The Kier molecular flexibility index (Phi) is 5.40. The van der Waals surface area contributed by atoms with E-state index in [4.69, 9.17) is 18.9 Å². The van der Waals surface area contributed by atoms with E-state index in [-0.39, 0.29) is 12.0 Å². The van der Waals surface area contributed by atoms with Crippen LogP contribution in [-0.4, -0.2) is 61.3 Å². The third-order valence-electron chi connectivity index (χ3n) is 4.12. The van der Waals surface area contributed by atoms with E-state index in [2.05, 4.69) is 9.97 Å². The minimum Gasteiger partial charge on any atom is -0.497 e. The molecule has 2 heterocycles. The highest BCUT2D eigenvalue weighted by atomic mass is 16.5. The van der Waals surface area contributed by atoms with Gasteiger partial charge < -0.3 is 23.8 Å². The number of hydrogen-bond donors (Lipinski definition) is 0. The summed E-state index contributed by atoms with van der Waals surface area (Å²) in [4.78, 5) is 22.7. The largest absolute Gasteiger partial charge is 0.497 e. The summed E-state index contributed by atoms with van der Waals surface area (Å²) in [6.07, 6.45) is 3.60. The molecule has 0 saturated carbocycles. The predicted octanol–water partition coefficient (Wildman–Crippen LogP) is 1.80. The van der Waals surface area contributed by atoms with Gasteiger partial charge in [-0.05, 0) is 12.1 Å². The molecule has 0 N–H and O–H groups in total. The topological polar surface area (TPSA) is 83.0 Å². The van der Waals surface area contributed by atoms with Crippen LogP contribution in [-0.2, 0) is 0 Å². The Bertz CT molecular complexity index is 761. The smallest absolute Gasteiger partial charge is 0.254 e. The van der Waals surface area contributed by atoms with E-state index in [1.54, 1.807) is 37.3 Å². The second-order valence-electron chi connectivity index (χ2n) is 5.78. The Labute approximate surface area is 151 Å². The summed E-state index contributed by atoms with van der Waals surface area (Å²) in [5.41, 5.74) is 0.517. The molecule has 1 amide bonds. The van der Waals surface area contributed by atoms with Gasteiger partial charge in [-0.15, -0.1) is 0 Å². The lowest BCUT2D eigenvalue weighted by molar-refractivity contribution is 0.0770. The van der Waals surface area contributed by atoms with Crippen molar-refractivity contribution in [3.8, 4) is 23.3 Å². The third-order valence-corrected chi connectivity index (χ3v) is 4.12. The molecule has 3 rings (SSSR count). The highest BCUT2D eigenvalue weighted by Gasteiger charge is 2.29. The highest BCUT2D eigenvalue weighted by Crippen LogP contribution is 2.25. The van der Waals surface area contributed by atoms with Crippen LogP contribution in [0.4, 0.5) is 0 Å². The van der Waals surface area contributed by atoms with Crippen LogP contribution < -0.4 is 18.9 Å². The fourth-order valence-electron chi connectivity index (χ4n) is 2.78. The zero-order valence-corrected chi connectivity index (χ0v) is 15.0. The summed E-state index contributed by atoms with van der Waals surface area (Å²) in [5.74, 6) is 1.83. The van der Waals surface area contributed by atoms with Gasteiger partial charge in [0, 0.05) is 24.6 Å². The molecule has 0 aliphatic carbocycles. The molecule has 1 saturated heterocycles. The zero-order chi connectivity index (χ0) is 18.5. The molecule has 1 aliphatic heterocycles. The van der Waals surface area contributed by atoms with Crippen LogP contribution in [0.25, 0.3) is 0 Å². The molecule has 1 aromatic heterocycles. The van der Waals surface area contributed by atoms with E-state index in [1.807, 2.05) is 0 Å². The van der Waals surface area contributed by atoms with E-state index in [9.17, 15) is 4.79 Å². The summed E-state index contributed by atoms with van der Waals surface area (Å²) >= 11 is 0. The number of hydrogen-bond acceptors (Lipinski definition) is 7. The molecular formula is C18H21N3O5. The molecule has 8 heteroatoms. The number of nitrogens with zero attached hydrogens (tertiary/aromatic N) is 3. The maximum atomic E-state index is 12.8. The lowest BCUT2D eigenvalue weighted by Gasteiger charge is -2.18. The van der Waals surface area contributed by atoms with E-state index >= 15 is 0 Å². The molecule has 1 unspecified atom stereocenters. The average Bonchev–Trinajstić information content (AvgIpc) is 3.15. The molecule has 1 atom stereocenters. The molecular weight excluding hydrogens is 338 g/mol. The monoisotopic (exact) mass is 359 g/mol. The highest BCUT2D eigenvalue weighted by molar-refractivity contribution is 5.95. The van der Waals surface area contributed by atoms with Gasteiger partial charge in [-0.3, -0.25) is 9.78 Å². The quantitative estimate of drug-likeness (QED) is 0.777. The van der Waals surface area contributed by atoms with Crippen LogP contribution in [0, 0.1) is 0 Å². The van der Waals surface area contributed by atoms with Crippen molar-refractivity contribution in [2.24, 2.45) is 0 Å². The van der Waals surface area contributed by atoms with E-state index in [0.29, 0.717) is 48.3 Å². The summed E-state index contributed by atoms with van der Waals surface area (Å²) in [6.45, 7) is 1.07. The first-order valence-corrected chi connectivity index (χ1v) is 8.18. The van der Waals surface area contributed by atoms with Gasteiger partial charge in [0.2, 0.25) is 11.8 Å². The Morgan fingerprint density at radius 3 is 2.38 bits per heavy atom. The second-order valence-corrected chi connectivity index (χ2v) is 5.78. The van der Waals surface area contributed by atoms with Gasteiger partial charge in [0.05, 0.1) is 40.3 Å². The fourth-order valence-corrected chi connectivity index (χ4v) is 2.78. The number of rotatable bonds is 6. The second kappa shape index (κ2) is 7.90. The molecule has 0 bridgehead atoms. The molecule has 138 valence electrons. The van der Waals surface area contributed by atoms with Crippen molar-refractivity contribution in [2.45, 2.75) is 12.5 Å². The third kappa shape index (κ3) is 3.96. The maximum absolute atomic E-state index is 12.8. The molecule has 1 fully saturated rings. The van der Waals surface area contributed by atoms with Crippen LogP contribution >= 0.6 is 0 Å². The first-order valence-electron chi connectivity index (χ1n) is 8.18. The number of aromatic nitrogens is 2. The van der Waals surface area contributed by atoms with Crippen LogP contribution in [0.5, 0.6) is 23.3 Å². The van der Waals surface area contributed by atoms with Gasteiger partial charge in [-0.1, -0.05) is 0 Å². The Balaban J connectivity index is 1.67. The van der Waals surface area contributed by atoms with Crippen LogP contribution in [0.1, 0.15) is 16.8 Å². The Morgan fingerprint density at radius 1 is 1.04 bits per heavy atom. The van der Waals surface area contributed by atoms with Crippen molar-refractivity contribution in [1.82, 2.24) is 14.9 Å². The first-order chi connectivity index (χ1) is 12.6.